The van der Waals surface area contributed by atoms with E-state index >= 15 is 0 Å². The highest BCUT2D eigenvalue weighted by atomic mass is 16.5. The molecular weight excluding hydrogens is 196 g/mol. The third-order valence-corrected chi connectivity index (χ3v) is 1.85. The van der Waals surface area contributed by atoms with Gasteiger partial charge in [0, 0.05) is 5.56 Å². The number of nitrogens with zero attached hydrogens (tertiary/aromatic N) is 2. The third kappa shape index (κ3) is 2.54. The predicted octanol–water partition coefficient (Wildman–Crippen LogP) is 1.14. The highest BCUT2D eigenvalue weighted by Gasteiger charge is 1.98. The summed E-state index contributed by atoms with van der Waals surface area (Å²) in [6.07, 6.45) is 4.68. The third-order valence-electron chi connectivity index (χ3n) is 1.85. The van der Waals surface area contributed by atoms with Crippen LogP contribution in [0.2, 0.25) is 0 Å². The van der Waals surface area contributed by atoms with Crippen molar-refractivity contribution in [3.8, 4) is 5.75 Å². The van der Waals surface area contributed by atoms with E-state index in [9.17, 15) is 0 Å². The number of hydrogen-bond acceptors (Lipinski definition) is 5. The second-order valence-corrected chi connectivity index (χ2v) is 2.96. The van der Waals surface area contributed by atoms with Crippen LogP contribution in [0.5, 0.6) is 5.75 Å². The first-order valence-electron chi connectivity index (χ1n) is 4.45. The monoisotopic (exact) mass is 206 g/mol. The fraction of sp³-hybridized carbons (Fsp3) is 0.200. The molecule has 2 aromatic rings. The average Bonchev–Trinajstić information content (AvgIpc) is 2.80. The van der Waals surface area contributed by atoms with Gasteiger partial charge in [-0.2, -0.15) is 0 Å². The normalized spacial score (nSPS) is 10.2. The Labute approximate surface area is 86.3 Å². The summed E-state index contributed by atoms with van der Waals surface area (Å²) in [6.45, 7) is 0.329. The van der Waals surface area contributed by atoms with Crippen molar-refractivity contribution >= 4 is 0 Å². The predicted molar refractivity (Wildman–Crippen MR) is 51.0 cm³/mol. The molecule has 78 valence electrons. The Morgan fingerprint density at radius 2 is 2.27 bits per heavy atom. The lowest BCUT2D eigenvalue weighted by atomic mass is 10.3. The molecule has 0 aliphatic heterocycles. The summed E-state index contributed by atoms with van der Waals surface area (Å²) in [7, 11) is 0. The van der Waals surface area contributed by atoms with Gasteiger partial charge in [-0.25, -0.2) is 0 Å². The molecule has 0 fully saturated rings. The van der Waals surface area contributed by atoms with Crippen molar-refractivity contribution in [3.05, 3.63) is 42.0 Å². The van der Waals surface area contributed by atoms with Crippen molar-refractivity contribution in [2.24, 2.45) is 0 Å². The molecule has 15 heavy (non-hydrogen) atoms. The van der Waals surface area contributed by atoms with Gasteiger partial charge in [-0.05, 0) is 12.1 Å². The van der Waals surface area contributed by atoms with Crippen molar-refractivity contribution in [2.45, 2.75) is 13.2 Å². The quantitative estimate of drug-likeness (QED) is 0.812. The van der Waals surface area contributed by atoms with Gasteiger partial charge in [0.1, 0.15) is 18.6 Å². The van der Waals surface area contributed by atoms with E-state index in [1.165, 1.54) is 6.26 Å². The largest absolute Gasteiger partial charge is 0.487 e. The van der Waals surface area contributed by atoms with Crippen LogP contribution >= 0.6 is 0 Å². The van der Waals surface area contributed by atoms with E-state index in [0.29, 0.717) is 18.1 Å². The average molecular weight is 206 g/mol. The lowest BCUT2D eigenvalue weighted by molar-refractivity contribution is 0.275. The van der Waals surface area contributed by atoms with Gasteiger partial charge in [-0.3, -0.25) is 4.98 Å². The maximum Gasteiger partial charge on any atom is 0.138 e. The number of hydrogen-bond donors (Lipinski definition) is 1. The molecule has 0 aliphatic rings. The molecule has 5 heteroatoms. The molecule has 5 nitrogen and oxygen atoms in total. The van der Waals surface area contributed by atoms with Gasteiger partial charge in [0.25, 0.3) is 0 Å². The van der Waals surface area contributed by atoms with Gasteiger partial charge in [-0.15, -0.1) is 0 Å². The second-order valence-electron chi connectivity index (χ2n) is 2.96. The zero-order valence-corrected chi connectivity index (χ0v) is 7.96. The SMILES string of the molecule is OCc1ccc(OCc2cnoc2)cn1. The molecule has 0 spiro atoms. The van der Waals surface area contributed by atoms with E-state index in [1.807, 2.05) is 0 Å². The summed E-state index contributed by atoms with van der Waals surface area (Å²) in [6, 6.07) is 3.47. The highest BCUT2D eigenvalue weighted by Crippen LogP contribution is 2.11. The molecule has 0 aromatic carbocycles. The Bertz CT molecular complexity index is 397. The van der Waals surface area contributed by atoms with Crippen LogP contribution in [0, 0.1) is 0 Å². The Morgan fingerprint density at radius 3 is 2.87 bits per heavy atom. The lowest BCUT2D eigenvalue weighted by Gasteiger charge is -2.03. The number of aliphatic hydroxyl groups is 1. The van der Waals surface area contributed by atoms with Crippen LogP contribution in [0.1, 0.15) is 11.3 Å². The van der Waals surface area contributed by atoms with Crippen LogP contribution in [0.4, 0.5) is 0 Å². The number of aromatic nitrogens is 2. The molecule has 0 bridgehead atoms. The lowest BCUT2D eigenvalue weighted by Crippen LogP contribution is -1.95. The summed E-state index contributed by atoms with van der Waals surface area (Å²) in [4.78, 5) is 3.98. The van der Waals surface area contributed by atoms with E-state index in [-0.39, 0.29) is 6.61 Å². The summed E-state index contributed by atoms with van der Waals surface area (Å²) < 4.78 is 10.1. The molecule has 2 aromatic heterocycles. The maximum atomic E-state index is 8.78. The van der Waals surface area contributed by atoms with Gasteiger partial charge < -0.3 is 14.4 Å². The number of pyridine rings is 1. The van der Waals surface area contributed by atoms with Crippen LogP contribution in [0.15, 0.2) is 35.3 Å². The smallest absolute Gasteiger partial charge is 0.138 e. The number of aliphatic hydroxyl groups excluding tert-OH is 1. The van der Waals surface area contributed by atoms with Gasteiger partial charge >= 0.3 is 0 Å². The Hall–Kier alpha value is -1.88. The fourth-order valence-electron chi connectivity index (χ4n) is 1.05. The zero-order chi connectivity index (χ0) is 10.5. The van der Waals surface area contributed by atoms with E-state index < -0.39 is 0 Å². The molecule has 0 aliphatic carbocycles. The van der Waals surface area contributed by atoms with Gasteiger partial charge in [0.15, 0.2) is 0 Å². The van der Waals surface area contributed by atoms with Gasteiger partial charge in [0.2, 0.25) is 0 Å². The molecule has 0 saturated carbocycles. The molecule has 1 N–H and O–H groups in total. The first-order valence-corrected chi connectivity index (χ1v) is 4.45. The first-order chi connectivity index (χ1) is 7.38. The molecular formula is C10H10N2O3. The van der Waals surface area contributed by atoms with Crippen molar-refractivity contribution in [3.63, 3.8) is 0 Å². The van der Waals surface area contributed by atoms with E-state index in [1.54, 1.807) is 24.5 Å². The molecule has 0 atom stereocenters. The van der Waals surface area contributed by atoms with E-state index in [0.717, 1.165) is 5.56 Å². The van der Waals surface area contributed by atoms with Crippen molar-refractivity contribution in [1.82, 2.24) is 10.1 Å². The molecule has 2 rings (SSSR count). The molecule has 0 amide bonds. The van der Waals surface area contributed by atoms with Gasteiger partial charge in [-0.1, -0.05) is 5.16 Å². The molecule has 0 saturated heterocycles. The molecule has 2 heterocycles. The number of ether oxygens (including phenoxy) is 1. The molecule has 0 radical (unpaired) electrons. The van der Waals surface area contributed by atoms with Crippen molar-refractivity contribution in [2.75, 3.05) is 0 Å². The first kappa shape index (κ1) is 9.67. The summed E-state index contributed by atoms with van der Waals surface area (Å²) in [5.74, 6) is 0.647. The van der Waals surface area contributed by atoms with Gasteiger partial charge in [0.05, 0.1) is 24.7 Å². The minimum Gasteiger partial charge on any atom is -0.487 e. The van der Waals surface area contributed by atoms with Crippen molar-refractivity contribution < 1.29 is 14.4 Å². The van der Waals surface area contributed by atoms with Crippen LogP contribution < -0.4 is 4.74 Å². The summed E-state index contributed by atoms with van der Waals surface area (Å²) in [5.41, 5.74) is 1.48. The minimum absolute atomic E-state index is 0.0636. The minimum atomic E-state index is -0.0636. The van der Waals surface area contributed by atoms with Crippen LogP contribution in [-0.4, -0.2) is 15.2 Å². The summed E-state index contributed by atoms with van der Waals surface area (Å²) >= 11 is 0. The van der Waals surface area contributed by atoms with E-state index in [4.69, 9.17) is 9.84 Å². The fourth-order valence-corrected chi connectivity index (χ4v) is 1.05. The molecule has 0 unspecified atom stereocenters. The Balaban J connectivity index is 1.93. The van der Waals surface area contributed by atoms with Crippen LogP contribution in [0.25, 0.3) is 0 Å². The Kier molecular flexibility index (Phi) is 2.94. The van der Waals surface area contributed by atoms with Crippen LogP contribution in [-0.2, 0) is 13.2 Å². The second kappa shape index (κ2) is 4.56. The standard InChI is InChI=1S/C10H10N2O3/c13-5-9-1-2-10(4-11-9)14-6-8-3-12-15-7-8/h1-4,7,13H,5-6H2. The van der Waals surface area contributed by atoms with E-state index in [2.05, 4.69) is 14.7 Å². The highest BCUT2D eigenvalue weighted by molar-refractivity contribution is 5.19. The summed E-state index contributed by atoms with van der Waals surface area (Å²) in [5, 5.41) is 12.3. The van der Waals surface area contributed by atoms with Crippen molar-refractivity contribution in [1.29, 1.82) is 0 Å². The zero-order valence-electron chi connectivity index (χ0n) is 7.96. The topological polar surface area (TPSA) is 68.4 Å². The maximum absolute atomic E-state index is 8.78. The Morgan fingerprint density at radius 1 is 1.33 bits per heavy atom. The number of rotatable bonds is 4. The van der Waals surface area contributed by atoms with Crippen LogP contribution in [0.3, 0.4) is 0 Å².